The van der Waals surface area contributed by atoms with Crippen molar-refractivity contribution >= 4 is 11.3 Å². The van der Waals surface area contributed by atoms with Gasteiger partial charge in [-0.2, -0.15) is 0 Å². The summed E-state index contributed by atoms with van der Waals surface area (Å²) in [6.07, 6.45) is 3.70. The molecule has 1 aliphatic carbocycles. The van der Waals surface area contributed by atoms with Gasteiger partial charge < -0.3 is 5.11 Å². The Bertz CT molecular complexity index is 544. The van der Waals surface area contributed by atoms with Gasteiger partial charge in [0.2, 0.25) is 0 Å². The number of aliphatic hydroxyl groups is 1. The van der Waals surface area contributed by atoms with Crippen molar-refractivity contribution < 1.29 is 5.11 Å². The minimum atomic E-state index is -0.296. The number of aryl methyl sites for hydroxylation is 2. The van der Waals surface area contributed by atoms with E-state index < -0.39 is 0 Å². The van der Waals surface area contributed by atoms with Gasteiger partial charge >= 0.3 is 0 Å². The Morgan fingerprint density at radius 3 is 2.78 bits per heavy atom. The van der Waals surface area contributed by atoms with E-state index in [0.717, 1.165) is 41.3 Å². The van der Waals surface area contributed by atoms with E-state index in [1.807, 2.05) is 0 Å². The lowest BCUT2D eigenvalue weighted by Crippen LogP contribution is -2.06. The van der Waals surface area contributed by atoms with Crippen molar-refractivity contribution in [3.8, 4) is 10.6 Å². The van der Waals surface area contributed by atoms with Gasteiger partial charge in [0.15, 0.2) is 0 Å². The van der Waals surface area contributed by atoms with Crippen LogP contribution in [0.3, 0.4) is 0 Å². The molecule has 1 unspecified atom stereocenters. The van der Waals surface area contributed by atoms with Crippen LogP contribution in [0.2, 0.25) is 0 Å². The Balaban J connectivity index is 1.96. The second-order valence-electron chi connectivity index (χ2n) is 4.79. The van der Waals surface area contributed by atoms with Crippen molar-refractivity contribution in [2.24, 2.45) is 0 Å². The molecule has 2 aromatic rings. The zero-order valence-electron chi connectivity index (χ0n) is 10.5. The molecule has 1 aliphatic rings. The Hall–Kier alpha value is -1.19. The van der Waals surface area contributed by atoms with Crippen LogP contribution in [0.1, 0.15) is 42.0 Å². The first-order valence-electron chi connectivity index (χ1n) is 6.55. The molecule has 0 bridgehead atoms. The van der Waals surface area contributed by atoms with Crippen LogP contribution in [-0.4, -0.2) is 10.1 Å². The Labute approximate surface area is 111 Å². The van der Waals surface area contributed by atoms with Gasteiger partial charge in [0.25, 0.3) is 0 Å². The molecule has 18 heavy (non-hydrogen) atoms. The third-order valence-corrected chi connectivity index (χ3v) is 4.78. The van der Waals surface area contributed by atoms with Crippen LogP contribution in [0, 0.1) is 0 Å². The van der Waals surface area contributed by atoms with E-state index >= 15 is 0 Å². The van der Waals surface area contributed by atoms with E-state index in [9.17, 15) is 5.11 Å². The van der Waals surface area contributed by atoms with Gasteiger partial charge in [-0.25, -0.2) is 4.98 Å². The highest BCUT2D eigenvalue weighted by Gasteiger charge is 2.22. The fourth-order valence-corrected chi connectivity index (χ4v) is 3.54. The monoisotopic (exact) mass is 259 g/mol. The maximum absolute atomic E-state index is 9.97. The number of aromatic nitrogens is 1. The van der Waals surface area contributed by atoms with Gasteiger partial charge in [-0.1, -0.05) is 31.2 Å². The molecule has 0 saturated heterocycles. The molecule has 0 spiro atoms. The summed E-state index contributed by atoms with van der Waals surface area (Å²) in [5.41, 5.74) is 3.62. The number of aliphatic hydroxyl groups excluding tert-OH is 1. The predicted molar refractivity (Wildman–Crippen MR) is 74.8 cm³/mol. The third-order valence-electron chi connectivity index (χ3n) is 3.53. The summed E-state index contributed by atoms with van der Waals surface area (Å²) in [7, 11) is 0. The molecule has 1 aromatic heterocycles. The normalized spacial score (nSPS) is 18.7. The van der Waals surface area contributed by atoms with E-state index in [-0.39, 0.29) is 6.10 Å². The zero-order valence-corrected chi connectivity index (χ0v) is 11.3. The van der Waals surface area contributed by atoms with E-state index in [1.54, 1.807) is 11.3 Å². The fraction of sp³-hybridized carbons (Fsp3) is 0.400. The highest BCUT2D eigenvalue weighted by Crippen LogP contribution is 2.37. The lowest BCUT2D eigenvalue weighted by molar-refractivity contribution is 0.160. The molecule has 3 rings (SSSR count). The van der Waals surface area contributed by atoms with Crippen LogP contribution in [-0.2, 0) is 12.8 Å². The smallest absolute Gasteiger partial charge is 0.123 e. The van der Waals surface area contributed by atoms with E-state index in [2.05, 4.69) is 36.2 Å². The van der Waals surface area contributed by atoms with Crippen LogP contribution >= 0.6 is 11.3 Å². The SMILES string of the molecule is CCc1ccc(-c2nc3c(s2)C(O)CCC3)cc1. The van der Waals surface area contributed by atoms with E-state index in [0.29, 0.717) is 0 Å². The number of thiazole rings is 1. The molecule has 2 nitrogen and oxygen atoms in total. The van der Waals surface area contributed by atoms with Crippen LogP contribution in [0.15, 0.2) is 24.3 Å². The van der Waals surface area contributed by atoms with Crippen molar-refractivity contribution in [3.05, 3.63) is 40.4 Å². The average molecular weight is 259 g/mol. The van der Waals surface area contributed by atoms with Gasteiger partial charge in [-0.3, -0.25) is 0 Å². The minimum Gasteiger partial charge on any atom is -0.388 e. The molecule has 0 radical (unpaired) electrons. The summed E-state index contributed by atoms with van der Waals surface area (Å²) in [5.74, 6) is 0. The van der Waals surface area contributed by atoms with Crippen molar-refractivity contribution in [1.29, 1.82) is 0 Å². The number of rotatable bonds is 2. The molecular weight excluding hydrogens is 242 g/mol. The molecule has 0 aliphatic heterocycles. The molecule has 94 valence electrons. The van der Waals surface area contributed by atoms with Gasteiger partial charge in [0, 0.05) is 5.56 Å². The first-order chi connectivity index (χ1) is 8.78. The van der Waals surface area contributed by atoms with Gasteiger partial charge in [0.05, 0.1) is 16.7 Å². The van der Waals surface area contributed by atoms with Crippen LogP contribution in [0.5, 0.6) is 0 Å². The fourth-order valence-electron chi connectivity index (χ4n) is 2.40. The number of fused-ring (bicyclic) bond motifs is 1. The number of benzene rings is 1. The molecule has 1 aromatic carbocycles. The van der Waals surface area contributed by atoms with Crippen molar-refractivity contribution in [2.45, 2.75) is 38.7 Å². The Morgan fingerprint density at radius 2 is 2.11 bits per heavy atom. The number of hydrogen-bond donors (Lipinski definition) is 1. The lowest BCUT2D eigenvalue weighted by atomic mass is 10.0. The maximum atomic E-state index is 9.97. The molecule has 3 heteroatoms. The van der Waals surface area contributed by atoms with E-state index in [1.165, 1.54) is 11.1 Å². The van der Waals surface area contributed by atoms with Gasteiger partial charge in [0.1, 0.15) is 5.01 Å². The molecule has 1 heterocycles. The highest BCUT2D eigenvalue weighted by atomic mass is 32.1. The predicted octanol–water partition coefficient (Wildman–Crippen LogP) is 3.74. The quantitative estimate of drug-likeness (QED) is 0.891. The summed E-state index contributed by atoms with van der Waals surface area (Å²) in [4.78, 5) is 5.76. The molecule has 0 amide bonds. The Kier molecular flexibility index (Phi) is 3.18. The molecular formula is C15H17NOS. The third kappa shape index (κ3) is 2.08. The zero-order chi connectivity index (χ0) is 12.5. The standard InChI is InChI=1S/C15H17NOS/c1-2-10-6-8-11(9-7-10)15-16-12-4-3-5-13(17)14(12)18-15/h6-9,13,17H,2-5H2,1H3. The highest BCUT2D eigenvalue weighted by molar-refractivity contribution is 7.15. The summed E-state index contributed by atoms with van der Waals surface area (Å²) in [6.45, 7) is 2.16. The van der Waals surface area contributed by atoms with Crippen molar-refractivity contribution in [2.75, 3.05) is 0 Å². The topological polar surface area (TPSA) is 33.1 Å². The largest absolute Gasteiger partial charge is 0.388 e. The second-order valence-corrected chi connectivity index (χ2v) is 5.82. The van der Waals surface area contributed by atoms with Crippen LogP contribution in [0.25, 0.3) is 10.6 Å². The molecule has 1 N–H and O–H groups in total. The second kappa shape index (κ2) is 4.82. The molecule has 1 atom stereocenters. The minimum absolute atomic E-state index is 0.296. The Morgan fingerprint density at radius 1 is 1.33 bits per heavy atom. The first kappa shape index (κ1) is 11.9. The summed E-state index contributed by atoms with van der Waals surface area (Å²) in [5, 5.41) is 11.0. The van der Waals surface area contributed by atoms with E-state index in [4.69, 9.17) is 0 Å². The summed E-state index contributed by atoms with van der Waals surface area (Å²) >= 11 is 1.65. The number of nitrogens with zero attached hydrogens (tertiary/aromatic N) is 1. The van der Waals surface area contributed by atoms with Crippen LogP contribution in [0.4, 0.5) is 0 Å². The average Bonchev–Trinajstić information content (AvgIpc) is 2.84. The van der Waals surface area contributed by atoms with Gasteiger partial charge in [-0.05, 0) is 31.2 Å². The summed E-state index contributed by atoms with van der Waals surface area (Å²) in [6, 6.07) is 8.59. The first-order valence-corrected chi connectivity index (χ1v) is 7.36. The molecule has 0 saturated carbocycles. The van der Waals surface area contributed by atoms with Crippen molar-refractivity contribution in [1.82, 2.24) is 4.98 Å². The number of hydrogen-bond acceptors (Lipinski definition) is 3. The maximum Gasteiger partial charge on any atom is 0.123 e. The van der Waals surface area contributed by atoms with Crippen molar-refractivity contribution in [3.63, 3.8) is 0 Å². The van der Waals surface area contributed by atoms with Crippen LogP contribution < -0.4 is 0 Å². The molecule has 0 fully saturated rings. The van der Waals surface area contributed by atoms with Gasteiger partial charge in [-0.15, -0.1) is 11.3 Å². The summed E-state index contributed by atoms with van der Waals surface area (Å²) < 4.78 is 0. The lowest BCUT2D eigenvalue weighted by Gasteiger charge is -2.14.